The zero-order valence-corrected chi connectivity index (χ0v) is 10.9. The van der Waals surface area contributed by atoms with Crippen LogP contribution in [-0.2, 0) is 5.41 Å². The van der Waals surface area contributed by atoms with E-state index in [4.69, 9.17) is 0 Å². The van der Waals surface area contributed by atoms with Crippen molar-refractivity contribution in [2.45, 2.75) is 25.2 Å². The number of fused-ring (bicyclic) bond motifs is 1. The predicted molar refractivity (Wildman–Crippen MR) is 74.2 cm³/mol. The second-order valence-electron chi connectivity index (χ2n) is 5.43. The Hall–Kier alpha value is -2.16. The van der Waals surface area contributed by atoms with Crippen molar-refractivity contribution in [2.24, 2.45) is 0 Å². The second kappa shape index (κ2) is 3.67. The van der Waals surface area contributed by atoms with Crippen LogP contribution < -0.4 is 0 Å². The van der Waals surface area contributed by atoms with E-state index < -0.39 is 0 Å². The molecule has 4 rings (SSSR count). The van der Waals surface area contributed by atoms with E-state index in [0.29, 0.717) is 0 Å². The maximum Gasteiger partial charge on any atom is 0.155 e. The lowest BCUT2D eigenvalue weighted by atomic mass is 9.88. The number of hydrogen-bond donors (Lipinski definition) is 0. The molecule has 1 saturated carbocycles. The average molecular weight is 249 g/mol. The first kappa shape index (κ1) is 10.7. The summed E-state index contributed by atoms with van der Waals surface area (Å²) in [6, 6.07) is 13.3. The number of pyridine rings is 1. The molecule has 0 N–H and O–H groups in total. The van der Waals surface area contributed by atoms with Crippen LogP contribution in [0.1, 0.15) is 29.5 Å². The first-order valence-corrected chi connectivity index (χ1v) is 6.65. The van der Waals surface area contributed by atoms with Gasteiger partial charge < -0.3 is 0 Å². The normalized spacial score (nSPS) is 16.7. The molecule has 0 spiro atoms. The Morgan fingerprint density at radius 1 is 1.05 bits per heavy atom. The molecule has 3 aromatic rings. The highest BCUT2D eigenvalue weighted by atomic mass is 15.3. The standard InChI is InChI=1S/C16H15N3/c1-12-2-4-13(5-3-12)16(7-8-16)14-6-9-19-15(10-14)17-11-18-19/h2-6,9-11H,7-8H2,1H3. The summed E-state index contributed by atoms with van der Waals surface area (Å²) < 4.78 is 1.81. The molecule has 0 unspecified atom stereocenters. The minimum atomic E-state index is 0.210. The van der Waals surface area contributed by atoms with Gasteiger partial charge in [0.2, 0.25) is 0 Å². The third-order valence-corrected chi connectivity index (χ3v) is 4.19. The zero-order chi connectivity index (χ0) is 12.9. The van der Waals surface area contributed by atoms with Crippen LogP contribution >= 0.6 is 0 Å². The van der Waals surface area contributed by atoms with Gasteiger partial charge in [0.05, 0.1) is 0 Å². The molecule has 0 aliphatic heterocycles. The van der Waals surface area contributed by atoms with Gasteiger partial charge in [0.1, 0.15) is 6.33 Å². The average Bonchev–Trinajstić information content (AvgIpc) is 3.11. The number of nitrogens with zero attached hydrogens (tertiary/aromatic N) is 3. The van der Waals surface area contributed by atoms with Gasteiger partial charge in [-0.3, -0.25) is 0 Å². The Labute approximate surface area is 111 Å². The van der Waals surface area contributed by atoms with E-state index in [1.165, 1.54) is 29.5 Å². The summed E-state index contributed by atoms with van der Waals surface area (Å²) in [6.07, 6.45) is 6.05. The summed E-state index contributed by atoms with van der Waals surface area (Å²) in [6.45, 7) is 2.13. The van der Waals surface area contributed by atoms with Gasteiger partial charge in [-0.05, 0) is 43.0 Å². The highest BCUT2D eigenvalue weighted by molar-refractivity contribution is 5.50. The topological polar surface area (TPSA) is 30.2 Å². The third-order valence-electron chi connectivity index (χ3n) is 4.19. The summed E-state index contributed by atoms with van der Waals surface area (Å²) in [5.41, 5.74) is 5.23. The summed E-state index contributed by atoms with van der Waals surface area (Å²) in [4.78, 5) is 4.28. The van der Waals surface area contributed by atoms with Crippen LogP contribution in [0.5, 0.6) is 0 Å². The molecule has 0 saturated heterocycles. The van der Waals surface area contributed by atoms with Crippen molar-refractivity contribution in [1.82, 2.24) is 14.6 Å². The number of rotatable bonds is 2. The van der Waals surface area contributed by atoms with Crippen molar-refractivity contribution in [3.8, 4) is 0 Å². The molecule has 3 nitrogen and oxygen atoms in total. The Morgan fingerprint density at radius 3 is 2.58 bits per heavy atom. The minimum absolute atomic E-state index is 0.210. The predicted octanol–water partition coefficient (Wildman–Crippen LogP) is 3.12. The molecule has 1 aliphatic carbocycles. The highest BCUT2D eigenvalue weighted by Crippen LogP contribution is 2.53. The van der Waals surface area contributed by atoms with E-state index in [-0.39, 0.29) is 5.41 Å². The zero-order valence-electron chi connectivity index (χ0n) is 10.9. The van der Waals surface area contributed by atoms with Crippen molar-refractivity contribution in [1.29, 1.82) is 0 Å². The van der Waals surface area contributed by atoms with Crippen LogP contribution in [0.4, 0.5) is 0 Å². The lowest BCUT2D eigenvalue weighted by molar-refractivity contribution is 0.836. The van der Waals surface area contributed by atoms with E-state index in [1.54, 1.807) is 6.33 Å². The molecule has 19 heavy (non-hydrogen) atoms. The van der Waals surface area contributed by atoms with Gasteiger partial charge >= 0.3 is 0 Å². The van der Waals surface area contributed by atoms with Gasteiger partial charge in [-0.1, -0.05) is 29.8 Å². The molecule has 2 aromatic heterocycles. The molecule has 0 amide bonds. The molecule has 94 valence electrons. The van der Waals surface area contributed by atoms with Gasteiger partial charge in [-0.2, -0.15) is 5.10 Å². The molecule has 0 atom stereocenters. The smallest absolute Gasteiger partial charge is 0.155 e. The van der Waals surface area contributed by atoms with Crippen molar-refractivity contribution >= 4 is 5.65 Å². The van der Waals surface area contributed by atoms with E-state index >= 15 is 0 Å². The van der Waals surface area contributed by atoms with E-state index in [2.05, 4.69) is 53.4 Å². The van der Waals surface area contributed by atoms with Crippen LogP contribution in [-0.4, -0.2) is 14.6 Å². The van der Waals surface area contributed by atoms with Crippen LogP contribution in [0.15, 0.2) is 48.9 Å². The van der Waals surface area contributed by atoms with Crippen LogP contribution in [0, 0.1) is 6.92 Å². The fourth-order valence-corrected chi connectivity index (χ4v) is 2.85. The van der Waals surface area contributed by atoms with Crippen LogP contribution in [0.2, 0.25) is 0 Å². The first-order valence-electron chi connectivity index (χ1n) is 6.65. The Balaban J connectivity index is 1.83. The Morgan fingerprint density at radius 2 is 1.84 bits per heavy atom. The molecule has 1 aliphatic rings. The molecule has 0 bridgehead atoms. The first-order chi connectivity index (χ1) is 9.28. The van der Waals surface area contributed by atoms with Gasteiger partial charge in [0.25, 0.3) is 0 Å². The number of benzene rings is 1. The Kier molecular flexibility index (Phi) is 2.07. The summed E-state index contributed by atoms with van der Waals surface area (Å²) >= 11 is 0. The molecule has 1 aromatic carbocycles. The van der Waals surface area contributed by atoms with Crippen molar-refractivity contribution < 1.29 is 0 Å². The molecular formula is C16H15N3. The quantitative estimate of drug-likeness (QED) is 0.698. The largest absolute Gasteiger partial charge is 0.221 e. The summed E-state index contributed by atoms with van der Waals surface area (Å²) in [5.74, 6) is 0. The van der Waals surface area contributed by atoms with Gasteiger partial charge in [-0.15, -0.1) is 0 Å². The molecule has 1 fully saturated rings. The van der Waals surface area contributed by atoms with Crippen molar-refractivity contribution in [3.05, 3.63) is 65.6 Å². The molecule has 0 radical (unpaired) electrons. The van der Waals surface area contributed by atoms with Crippen LogP contribution in [0.3, 0.4) is 0 Å². The lowest BCUT2D eigenvalue weighted by Gasteiger charge is -2.16. The van der Waals surface area contributed by atoms with Gasteiger partial charge in [0, 0.05) is 11.6 Å². The monoisotopic (exact) mass is 249 g/mol. The van der Waals surface area contributed by atoms with Gasteiger partial charge in [0.15, 0.2) is 5.65 Å². The second-order valence-corrected chi connectivity index (χ2v) is 5.43. The highest BCUT2D eigenvalue weighted by Gasteiger charge is 2.45. The molecule has 3 heteroatoms. The number of aryl methyl sites for hydroxylation is 1. The molecule has 2 heterocycles. The fraction of sp³-hybridized carbons (Fsp3) is 0.250. The maximum atomic E-state index is 4.28. The number of hydrogen-bond acceptors (Lipinski definition) is 2. The maximum absolute atomic E-state index is 4.28. The summed E-state index contributed by atoms with van der Waals surface area (Å²) in [5, 5.41) is 4.15. The SMILES string of the molecule is Cc1ccc(C2(c3ccn4ncnc4c3)CC2)cc1. The fourth-order valence-electron chi connectivity index (χ4n) is 2.85. The van der Waals surface area contributed by atoms with Crippen LogP contribution in [0.25, 0.3) is 5.65 Å². The van der Waals surface area contributed by atoms with E-state index in [1.807, 2.05) is 10.7 Å². The van der Waals surface area contributed by atoms with Crippen molar-refractivity contribution in [2.75, 3.05) is 0 Å². The molecular weight excluding hydrogens is 234 g/mol. The van der Waals surface area contributed by atoms with E-state index in [9.17, 15) is 0 Å². The van der Waals surface area contributed by atoms with Gasteiger partial charge in [-0.25, -0.2) is 9.50 Å². The van der Waals surface area contributed by atoms with E-state index in [0.717, 1.165) is 5.65 Å². The number of aromatic nitrogens is 3. The summed E-state index contributed by atoms with van der Waals surface area (Å²) in [7, 11) is 0. The van der Waals surface area contributed by atoms with Crippen molar-refractivity contribution in [3.63, 3.8) is 0 Å². The third kappa shape index (κ3) is 1.58. The lowest BCUT2D eigenvalue weighted by Crippen LogP contribution is -2.09. The minimum Gasteiger partial charge on any atom is -0.221 e. The Bertz CT molecular complexity index is 736.